The van der Waals surface area contributed by atoms with Crippen LogP contribution >= 0.6 is 0 Å². The number of aromatic nitrogens is 3. The van der Waals surface area contributed by atoms with Crippen LogP contribution in [-0.2, 0) is 6.54 Å². The summed E-state index contributed by atoms with van der Waals surface area (Å²) in [6, 6.07) is 0.471. The molecular weight excluding hydrogens is 224 g/mol. The Morgan fingerprint density at radius 1 is 1.39 bits per heavy atom. The molecule has 5 atom stereocenters. The van der Waals surface area contributed by atoms with Crippen molar-refractivity contribution in [3.63, 3.8) is 0 Å². The standard InChI is InChI=1S/C14H22N4/c1-3-18-10(7-16-17-18)14(15-2)13-11-8-4-5-9(6-8)12(11)13/h7-9,11-15H,3-6H2,1-2H3. The molecule has 0 spiro atoms. The first kappa shape index (κ1) is 11.0. The second-order valence-corrected chi connectivity index (χ2v) is 6.31. The lowest BCUT2D eigenvalue weighted by Crippen LogP contribution is -2.24. The SMILES string of the molecule is CCn1nncc1C(NC)C1C2C3CCC(C3)C21. The van der Waals surface area contributed by atoms with E-state index >= 15 is 0 Å². The van der Waals surface area contributed by atoms with E-state index in [1.54, 1.807) is 0 Å². The molecule has 18 heavy (non-hydrogen) atoms. The average Bonchev–Trinajstić information content (AvgIpc) is 2.80. The van der Waals surface area contributed by atoms with Crippen LogP contribution in [0.1, 0.15) is 37.9 Å². The van der Waals surface area contributed by atoms with Gasteiger partial charge >= 0.3 is 0 Å². The molecule has 3 fully saturated rings. The Morgan fingerprint density at radius 3 is 2.72 bits per heavy atom. The van der Waals surface area contributed by atoms with Crippen molar-refractivity contribution in [2.45, 2.75) is 38.8 Å². The third-order valence-electron chi connectivity index (χ3n) is 5.76. The summed E-state index contributed by atoms with van der Waals surface area (Å²) in [5.74, 6) is 4.92. The first-order chi connectivity index (χ1) is 8.85. The maximum Gasteiger partial charge on any atom is 0.0759 e. The van der Waals surface area contributed by atoms with E-state index in [9.17, 15) is 0 Å². The zero-order valence-corrected chi connectivity index (χ0v) is 11.2. The summed E-state index contributed by atoms with van der Waals surface area (Å²) in [4.78, 5) is 0. The Labute approximate surface area is 108 Å². The lowest BCUT2D eigenvalue weighted by Gasteiger charge is -2.20. The van der Waals surface area contributed by atoms with Crippen molar-refractivity contribution in [1.82, 2.24) is 20.3 Å². The molecule has 0 aromatic carbocycles. The molecule has 0 amide bonds. The zero-order chi connectivity index (χ0) is 12.3. The molecule has 1 aromatic heterocycles. The van der Waals surface area contributed by atoms with Crippen LogP contribution in [0.5, 0.6) is 0 Å². The first-order valence-corrected chi connectivity index (χ1v) is 7.40. The van der Waals surface area contributed by atoms with Gasteiger partial charge in [-0.25, -0.2) is 4.68 Å². The quantitative estimate of drug-likeness (QED) is 0.881. The van der Waals surface area contributed by atoms with Gasteiger partial charge in [-0.05, 0) is 62.8 Å². The van der Waals surface area contributed by atoms with Gasteiger partial charge in [0.15, 0.2) is 0 Å². The molecule has 0 saturated heterocycles. The van der Waals surface area contributed by atoms with E-state index in [0.29, 0.717) is 6.04 Å². The summed E-state index contributed by atoms with van der Waals surface area (Å²) in [6.45, 7) is 3.06. The van der Waals surface area contributed by atoms with Crippen molar-refractivity contribution in [2.24, 2.45) is 29.6 Å². The third-order valence-corrected chi connectivity index (χ3v) is 5.76. The van der Waals surface area contributed by atoms with Crippen molar-refractivity contribution in [1.29, 1.82) is 0 Å². The van der Waals surface area contributed by atoms with Crippen LogP contribution in [0.15, 0.2) is 6.20 Å². The fraction of sp³-hybridized carbons (Fsp3) is 0.857. The molecule has 3 saturated carbocycles. The Morgan fingerprint density at radius 2 is 2.11 bits per heavy atom. The minimum atomic E-state index is 0.471. The fourth-order valence-electron chi connectivity index (χ4n) is 5.13. The Hall–Kier alpha value is -0.900. The van der Waals surface area contributed by atoms with E-state index in [4.69, 9.17) is 0 Å². The summed E-state index contributed by atoms with van der Waals surface area (Å²) in [5.41, 5.74) is 1.29. The molecular formula is C14H22N4. The highest BCUT2D eigenvalue weighted by Crippen LogP contribution is 2.72. The van der Waals surface area contributed by atoms with Crippen LogP contribution in [0.4, 0.5) is 0 Å². The minimum Gasteiger partial charge on any atom is -0.311 e. The van der Waals surface area contributed by atoms with E-state index in [1.165, 1.54) is 25.0 Å². The van der Waals surface area contributed by atoms with Crippen molar-refractivity contribution >= 4 is 0 Å². The number of nitrogens with zero attached hydrogens (tertiary/aromatic N) is 3. The summed E-state index contributed by atoms with van der Waals surface area (Å²) >= 11 is 0. The molecule has 0 radical (unpaired) electrons. The van der Waals surface area contributed by atoms with Crippen LogP contribution < -0.4 is 5.32 Å². The molecule has 2 bridgehead atoms. The number of aryl methyl sites for hydroxylation is 1. The molecule has 0 aliphatic heterocycles. The van der Waals surface area contributed by atoms with Crippen molar-refractivity contribution in [3.8, 4) is 0 Å². The predicted molar refractivity (Wildman–Crippen MR) is 68.8 cm³/mol. The minimum absolute atomic E-state index is 0.471. The average molecular weight is 246 g/mol. The van der Waals surface area contributed by atoms with E-state index in [0.717, 1.165) is 36.1 Å². The second-order valence-electron chi connectivity index (χ2n) is 6.31. The zero-order valence-electron chi connectivity index (χ0n) is 11.2. The van der Waals surface area contributed by atoms with Gasteiger partial charge in [0.25, 0.3) is 0 Å². The Bertz CT molecular complexity index is 438. The number of nitrogens with one attached hydrogen (secondary N) is 1. The molecule has 1 heterocycles. The number of hydrogen-bond acceptors (Lipinski definition) is 3. The van der Waals surface area contributed by atoms with Gasteiger partial charge in [0, 0.05) is 6.54 Å². The van der Waals surface area contributed by atoms with Crippen LogP contribution in [0.25, 0.3) is 0 Å². The second kappa shape index (κ2) is 3.80. The molecule has 4 nitrogen and oxygen atoms in total. The normalized spacial score (nSPS) is 42.0. The number of hydrogen-bond donors (Lipinski definition) is 1. The van der Waals surface area contributed by atoms with Gasteiger partial charge < -0.3 is 5.32 Å². The highest BCUT2D eigenvalue weighted by Gasteiger charge is 2.66. The van der Waals surface area contributed by atoms with Gasteiger partial charge in [-0.3, -0.25) is 0 Å². The van der Waals surface area contributed by atoms with E-state index < -0.39 is 0 Å². The third kappa shape index (κ3) is 1.30. The van der Waals surface area contributed by atoms with E-state index in [2.05, 4.69) is 34.3 Å². The molecule has 4 rings (SSSR count). The van der Waals surface area contributed by atoms with Crippen LogP contribution in [0.3, 0.4) is 0 Å². The maximum absolute atomic E-state index is 4.19. The highest BCUT2D eigenvalue weighted by atomic mass is 15.4. The highest BCUT2D eigenvalue weighted by molar-refractivity contribution is 5.20. The Balaban J connectivity index is 1.60. The Kier molecular flexibility index (Phi) is 2.31. The molecule has 3 aliphatic rings. The van der Waals surface area contributed by atoms with Crippen LogP contribution in [0, 0.1) is 29.6 Å². The maximum atomic E-state index is 4.19. The van der Waals surface area contributed by atoms with E-state index in [1.807, 2.05) is 6.20 Å². The van der Waals surface area contributed by atoms with Crippen molar-refractivity contribution in [3.05, 3.63) is 11.9 Å². The first-order valence-electron chi connectivity index (χ1n) is 7.40. The monoisotopic (exact) mass is 246 g/mol. The van der Waals surface area contributed by atoms with Crippen molar-refractivity contribution < 1.29 is 0 Å². The summed E-state index contributed by atoms with van der Waals surface area (Å²) < 4.78 is 2.05. The number of fused-ring (bicyclic) bond motifs is 5. The molecule has 1 N–H and O–H groups in total. The van der Waals surface area contributed by atoms with Crippen LogP contribution in [-0.4, -0.2) is 22.0 Å². The smallest absolute Gasteiger partial charge is 0.0759 e. The lowest BCUT2D eigenvalue weighted by molar-refractivity contribution is 0.368. The van der Waals surface area contributed by atoms with E-state index in [-0.39, 0.29) is 0 Å². The lowest BCUT2D eigenvalue weighted by atomic mass is 9.96. The van der Waals surface area contributed by atoms with Gasteiger partial charge in [0.1, 0.15) is 0 Å². The van der Waals surface area contributed by atoms with Gasteiger partial charge in [-0.1, -0.05) is 5.21 Å². The summed E-state index contributed by atoms with van der Waals surface area (Å²) in [5, 5.41) is 11.8. The summed E-state index contributed by atoms with van der Waals surface area (Å²) in [6.07, 6.45) is 6.46. The molecule has 98 valence electrons. The van der Waals surface area contributed by atoms with Crippen molar-refractivity contribution in [2.75, 3.05) is 7.05 Å². The van der Waals surface area contributed by atoms with Gasteiger partial charge in [0.2, 0.25) is 0 Å². The largest absolute Gasteiger partial charge is 0.311 e. The van der Waals surface area contributed by atoms with Gasteiger partial charge in [0.05, 0.1) is 17.9 Å². The molecule has 5 unspecified atom stereocenters. The predicted octanol–water partition coefficient (Wildman–Crippen LogP) is 1.85. The topological polar surface area (TPSA) is 42.7 Å². The summed E-state index contributed by atoms with van der Waals surface area (Å²) in [7, 11) is 2.09. The fourth-order valence-corrected chi connectivity index (χ4v) is 5.13. The van der Waals surface area contributed by atoms with Crippen LogP contribution in [0.2, 0.25) is 0 Å². The molecule has 3 aliphatic carbocycles. The molecule has 1 aromatic rings. The van der Waals surface area contributed by atoms with Gasteiger partial charge in [-0.2, -0.15) is 0 Å². The molecule has 4 heteroatoms. The van der Waals surface area contributed by atoms with Gasteiger partial charge in [-0.15, -0.1) is 5.10 Å². The number of rotatable bonds is 4.